The fourth-order valence-electron chi connectivity index (χ4n) is 1.35. The maximum atomic E-state index is 10.9. The summed E-state index contributed by atoms with van der Waals surface area (Å²) in [7, 11) is 0. The van der Waals surface area contributed by atoms with Gasteiger partial charge >= 0.3 is 0 Å². The molecule has 0 bridgehead atoms. The van der Waals surface area contributed by atoms with Gasteiger partial charge in [-0.05, 0) is 25.5 Å². The molecule has 0 aliphatic heterocycles. The fourth-order valence-corrected chi connectivity index (χ4v) is 2.09. The van der Waals surface area contributed by atoms with Crippen molar-refractivity contribution < 1.29 is 4.79 Å². The molecule has 1 aliphatic rings. The Labute approximate surface area is 83.8 Å². The van der Waals surface area contributed by atoms with Gasteiger partial charge in [-0.15, -0.1) is 0 Å². The van der Waals surface area contributed by atoms with Crippen LogP contribution in [0.5, 0.6) is 0 Å². The van der Waals surface area contributed by atoms with Gasteiger partial charge in [0.1, 0.15) is 0 Å². The van der Waals surface area contributed by atoms with Gasteiger partial charge in [0, 0.05) is 11.3 Å². The van der Waals surface area contributed by atoms with Crippen molar-refractivity contribution in [3.63, 3.8) is 0 Å². The number of carbonyl (C=O) groups excluding carboxylic acids is 1. The Hall–Kier alpha value is -0.220. The average molecular weight is 202 g/mol. The summed E-state index contributed by atoms with van der Waals surface area (Å²) in [6.07, 6.45) is 5.42. The van der Waals surface area contributed by atoms with E-state index in [0.29, 0.717) is 4.75 Å². The third kappa shape index (κ3) is 2.88. The van der Waals surface area contributed by atoms with Crippen molar-refractivity contribution in [2.24, 2.45) is 5.73 Å². The number of hydrogen-bond acceptors (Lipinski definition) is 3. The largest absolute Gasteiger partial charge is 0.368 e. The third-order valence-electron chi connectivity index (χ3n) is 2.66. The third-order valence-corrected chi connectivity index (χ3v) is 4.08. The summed E-state index contributed by atoms with van der Waals surface area (Å²) in [4.78, 5) is 10.9. The Bertz CT molecular complexity index is 192. The van der Waals surface area contributed by atoms with E-state index in [9.17, 15) is 4.79 Å². The van der Waals surface area contributed by atoms with Crippen LogP contribution in [0.2, 0.25) is 0 Å². The maximum Gasteiger partial charge on any atom is 0.234 e. The number of rotatable bonds is 6. The number of primary amides is 1. The summed E-state index contributed by atoms with van der Waals surface area (Å²) in [6.45, 7) is 2.89. The molecule has 1 aliphatic carbocycles. The lowest BCUT2D eigenvalue weighted by Crippen LogP contribution is -2.43. The molecule has 4 heteroatoms. The van der Waals surface area contributed by atoms with Crippen LogP contribution in [0.3, 0.4) is 0 Å². The van der Waals surface area contributed by atoms with Gasteiger partial charge in [0.15, 0.2) is 0 Å². The first kappa shape index (κ1) is 10.9. The normalized spacial score (nSPS) is 21.1. The molecule has 1 saturated carbocycles. The molecule has 3 N–H and O–H groups in total. The summed E-state index contributed by atoms with van der Waals surface area (Å²) < 4.78 is 0.406. The van der Waals surface area contributed by atoms with Crippen molar-refractivity contribution in [2.45, 2.75) is 37.0 Å². The molecule has 1 amide bonds. The van der Waals surface area contributed by atoms with Crippen molar-refractivity contribution in [2.75, 3.05) is 12.8 Å². The van der Waals surface area contributed by atoms with E-state index in [1.165, 1.54) is 12.8 Å². The molecule has 0 spiro atoms. The Balaban J connectivity index is 2.27. The van der Waals surface area contributed by atoms with E-state index in [4.69, 9.17) is 5.73 Å². The van der Waals surface area contributed by atoms with Gasteiger partial charge in [-0.25, -0.2) is 0 Å². The number of amides is 1. The van der Waals surface area contributed by atoms with Gasteiger partial charge in [0.2, 0.25) is 5.91 Å². The molecule has 1 rings (SSSR count). The molecule has 1 fully saturated rings. The molecule has 0 aromatic carbocycles. The van der Waals surface area contributed by atoms with Gasteiger partial charge in [-0.2, -0.15) is 11.8 Å². The van der Waals surface area contributed by atoms with E-state index < -0.39 is 0 Å². The minimum Gasteiger partial charge on any atom is -0.368 e. The second-order valence-electron chi connectivity index (χ2n) is 3.63. The molecule has 1 atom stereocenters. The quantitative estimate of drug-likeness (QED) is 0.668. The lowest BCUT2D eigenvalue weighted by molar-refractivity contribution is -0.120. The molecule has 0 heterocycles. The predicted molar refractivity (Wildman–Crippen MR) is 56.8 cm³/mol. The van der Waals surface area contributed by atoms with Crippen LogP contribution < -0.4 is 11.1 Å². The summed E-state index contributed by atoms with van der Waals surface area (Å²) in [5.41, 5.74) is 5.23. The first-order valence-electron chi connectivity index (χ1n) is 4.71. The zero-order valence-electron chi connectivity index (χ0n) is 8.30. The molecule has 13 heavy (non-hydrogen) atoms. The Morgan fingerprint density at radius 1 is 1.69 bits per heavy atom. The van der Waals surface area contributed by atoms with Crippen molar-refractivity contribution in [3.05, 3.63) is 0 Å². The smallest absolute Gasteiger partial charge is 0.234 e. The van der Waals surface area contributed by atoms with Crippen LogP contribution in [0.1, 0.15) is 26.2 Å². The van der Waals surface area contributed by atoms with Crippen LogP contribution in [0.25, 0.3) is 0 Å². The highest BCUT2D eigenvalue weighted by atomic mass is 32.2. The molecule has 0 aromatic heterocycles. The second-order valence-corrected chi connectivity index (χ2v) is 4.91. The standard InChI is InChI=1S/C9H18N2OS/c1-3-7(8(10)12)11-6-9(13-2)4-5-9/h7,11H,3-6H2,1-2H3,(H2,10,12). The van der Waals surface area contributed by atoms with Gasteiger partial charge in [0.05, 0.1) is 6.04 Å². The van der Waals surface area contributed by atoms with E-state index in [1.54, 1.807) is 0 Å². The summed E-state index contributed by atoms with van der Waals surface area (Å²) in [6, 6.07) is -0.148. The zero-order chi connectivity index (χ0) is 9.90. The van der Waals surface area contributed by atoms with Crippen molar-refractivity contribution in [3.8, 4) is 0 Å². The first-order valence-corrected chi connectivity index (χ1v) is 5.94. The van der Waals surface area contributed by atoms with Gasteiger partial charge in [-0.3, -0.25) is 4.79 Å². The van der Waals surface area contributed by atoms with Crippen molar-refractivity contribution in [1.29, 1.82) is 0 Å². The average Bonchev–Trinajstić information content (AvgIpc) is 2.86. The summed E-state index contributed by atoms with van der Waals surface area (Å²) in [5, 5.41) is 3.23. The Kier molecular flexibility index (Phi) is 3.62. The van der Waals surface area contributed by atoms with Crippen molar-refractivity contribution in [1.82, 2.24) is 5.32 Å². The van der Waals surface area contributed by atoms with Crippen LogP contribution in [0, 0.1) is 0 Å². The van der Waals surface area contributed by atoms with E-state index in [2.05, 4.69) is 11.6 Å². The number of thioether (sulfide) groups is 1. The van der Waals surface area contributed by atoms with Crippen LogP contribution in [0.4, 0.5) is 0 Å². The zero-order valence-corrected chi connectivity index (χ0v) is 9.12. The van der Waals surface area contributed by atoms with E-state index in [1.807, 2.05) is 18.7 Å². The molecular formula is C9H18N2OS. The second kappa shape index (κ2) is 4.33. The highest BCUT2D eigenvalue weighted by Crippen LogP contribution is 2.46. The Morgan fingerprint density at radius 3 is 2.62 bits per heavy atom. The molecular weight excluding hydrogens is 184 g/mol. The van der Waals surface area contributed by atoms with Crippen molar-refractivity contribution >= 4 is 17.7 Å². The molecule has 3 nitrogen and oxygen atoms in total. The van der Waals surface area contributed by atoms with Crippen LogP contribution >= 0.6 is 11.8 Å². The topological polar surface area (TPSA) is 55.1 Å². The summed E-state index contributed by atoms with van der Waals surface area (Å²) >= 11 is 1.89. The predicted octanol–water partition coefficient (Wildman–Crippen LogP) is 0.735. The first-order chi connectivity index (χ1) is 6.13. The lowest BCUT2D eigenvalue weighted by atomic mass is 10.2. The molecule has 1 unspecified atom stereocenters. The number of nitrogens with one attached hydrogen (secondary N) is 1. The van der Waals surface area contributed by atoms with Crippen LogP contribution in [-0.4, -0.2) is 29.5 Å². The Morgan fingerprint density at radius 2 is 2.31 bits per heavy atom. The summed E-state index contributed by atoms with van der Waals surface area (Å²) in [5.74, 6) is -0.237. The van der Waals surface area contributed by atoms with Crippen LogP contribution in [-0.2, 0) is 4.79 Å². The van der Waals surface area contributed by atoms with Gasteiger partial charge in [0.25, 0.3) is 0 Å². The van der Waals surface area contributed by atoms with Gasteiger partial charge in [-0.1, -0.05) is 6.92 Å². The SMILES string of the molecule is CCC(NCC1(SC)CC1)C(N)=O. The highest BCUT2D eigenvalue weighted by molar-refractivity contribution is 8.00. The molecule has 0 aromatic rings. The highest BCUT2D eigenvalue weighted by Gasteiger charge is 2.41. The number of carbonyl (C=O) groups is 1. The number of nitrogens with two attached hydrogens (primary N) is 1. The van der Waals surface area contributed by atoms with Crippen LogP contribution in [0.15, 0.2) is 0 Å². The monoisotopic (exact) mass is 202 g/mol. The maximum absolute atomic E-state index is 10.9. The molecule has 0 radical (unpaired) electrons. The minimum absolute atomic E-state index is 0.148. The van der Waals surface area contributed by atoms with Gasteiger partial charge < -0.3 is 11.1 Å². The van der Waals surface area contributed by atoms with E-state index in [0.717, 1.165) is 13.0 Å². The lowest BCUT2D eigenvalue weighted by Gasteiger charge is -2.17. The molecule has 76 valence electrons. The minimum atomic E-state index is -0.237. The fraction of sp³-hybridized carbons (Fsp3) is 0.889. The van der Waals surface area contributed by atoms with E-state index >= 15 is 0 Å². The molecule has 0 saturated heterocycles. The van der Waals surface area contributed by atoms with E-state index in [-0.39, 0.29) is 11.9 Å². The number of hydrogen-bond donors (Lipinski definition) is 2.